The van der Waals surface area contributed by atoms with Gasteiger partial charge in [-0.15, -0.1) is 0 Å². The van der Waals surface area contributed by atoms with Crippen molar-refractivity contribution in [3.63, 3.8) is 0 Å². The van der Waals surface area contributed by atoms with Gasteiger partial charge in [0.1, 0.15) is 0 Å². The van der Waals surface area contributed by atoms with E-state index >= 15 is 0 Å². The van der Waals surface area contributed by atoms with Crippen LogP contribution < -0.4 is 16.1 Å². The second kappa shape index (κ2) is 7.73. The minimum atomic E-state index is -0.327. The highest BCUT2D eigenvalue weighted by atomic mass is 16.6. The third kappa shape index (κ3) is 3.75. The number of hydroxylamine groups is 1. The quantitative estimate of drug-likeness (QED) is 0.259. The molecule has 0 radical (unpaired) electrons. The average molecular weight is 346 g/mol. The topological polar surface area (TPSA) is 145 Å². The van der Waals surface area contributed by atoms with E-state index in [9.17, 15) is 10.0 Å². The number of rotatable bonds is 7. The predicted octanol–water partition coefficient (Wildman–Crippen LogP) is -0.387. The number of aliphatic imine (C=N–C) groups is 1. The zero-order valence-electron chi connectivity index (χ0n) is 13.3. The molecular weight excluding hydrogens is 328 g/mol. The molecule has 1 heterocycles. The van der Waals surface area contributed by atoms with Crippen LogP contribution >= 0.6 is 0 Å². The summed E-state index contributed by atoms with van der Waals surface area (Å²) in [6, 6.07) is 7.82. The van der Waals surface area contributed by atoms with E-state index in [-0.39, 0.29) is 49.0 Å². The fraction of sp³-hybridized carbons (Fsp3) is 0.333. The number of carbonyl (C=O) groups is 1. The first-order valence-electron chi connectivity index (χ1n) is 7.73. The number of aromatic nitrogens is 2. The first kappa shape index (κ1) is 16.9. The highest BCUT2D eigenvalue weighted by molar-refractivity contribution is 6.00. The molecule has 1 aromatic heterocycles. The van der Waals surface area contributed by atoms with E-state index in [2.05, 4.69) is 30.6 Å². The number of fused-ring (bicyclic) bond motifs is 1. The highest BCUT2D eigenvalue weighted by Crippen LogP contribution is 2.36. The lowest BCUT2D eigenvalue weighted by molar-refractivity contribution is -0.119. The number of nitrogens with one attached hydrogen (secondary N) is 3. The number of carbonyl (C=O) groups excluding carboxylic acids is 1. The summed E-state index contributed by atoms with van der Waals surface area (Å²) in [7, 11) is 0. The average Bonchev–Trinajstić information content (AvgIpc) is 3.07. The third-order valence-electron chi connectivity index (χ3n) is 3.78. The molecule has 5 N–H and O–H groups in total. The lowest BCUT2D eigenvalue weighted by Crippen LogP contribution is -2.32. The Morgan fingerprint density at radius 3 is 2.96 bits per heavy atom. The summed E-state index contributed by atoms with van der Waals surface area (Å²) in [4.78, 5) is 16.0. The molecule has 0 unspecified atom stereocenters. The highest BCUT2D eigenvalue weighted by Gasteiger charge is 2.27. The van der Waals surface area contributed by atoms with Crippen LogP contribution in [0.2, 0.25) is 0 Å². The van der Waals surface area contributed by atoms with E-state index in [1.807, 2.05) is 29.7 Å². The minimum absolute atomic E-state index is 0.0911. The molecule has 1 amide bonds. The zero-order valence-corrected chi connectivity index (χ0v) is 13.3. The minimum Gasteiger partial charge on any atom is -0.395 e. The van der Waals surface area contributed by atoms with Crippen molar-refractivity contribution in [2.75, 3.05) is 25.0 Å². The van der Waals surface area contributed by atoms with Gasteiger partial charge in [-0.2, -0.15) is 0 Å². The van der Waals surface area contributed by atoms with Gasteiger partial charge in [0.25, 0.3) is 0 Å². The molecule has 3 rings (SSSR count). The van der Waals surface area contributed by atoms with E-state index < -0.39 is 0 Å². The van der Waals surface area contributed by atoms with Crippen LogP contribution in [-0.4, -0.2) is 52.1 Å². The van der Waals surface area contributed by atoms with Crippen molar-refractivity contribution in [3.05, 3.63) is 41.1 Å². The molecule has 1 aliphatic rings. The monoisotopic (exact) mass is 346 g/mol. The van der Waals surface area contributed by atoms with Crippen molar-refractivity contribution >= 4 is 17.6 Å². The number of amides is 1. The van der Waals surface area contributed by atoms with Gasteiger partial charge in [-0.05, 0) is 27.9 Å². The van der Waals surface area contributed by atoms with Crippen LogP contribution in [0.5, 0.6) is 0 Å². The molecule has 1 atom stereocenters. The molecule has 0 aliphatic heterocycles. The summed E-state index contributed by atoms with van der Waals surface area (Å²) in [5, 5.41) is 30.7. The number of aliphatic hydroxyl groups is 1. The number of aliphatic hydroxyl groups excluding tert-OH is 1. The number of hydrogen-bond donors (Lipinski definition) is 5. The second-order valence-corrected chi connectivity index (χ2v) is 5.40. The molecule has 0 fully saturated rings. The number of anilines is 1. The van der Waals surface area contributed by atoms with E-state index in [1.54, 1.807) is 0 Å². The molecular formula is C15H18N6O4. The molecule has 2 aromatic rings. The van der Waals surface area contributed by atoms with Gasteiger partial charge in [-0.3, -0.25) is 20.5 Å². The molecule has 132 valence electrons. The molecule has 10 nitrogen and oxygen atoms in total. The Morgan fingerprint density at radius 1 is 1.36 bits per heavy atom. The summed E-state index contributed by atoms with van der Waals surface area (Å²) in [5.41, 5.74) is 4.48. The normalized spacial score (nSPS) is 15.9. The molecule has 1 aromatic carbocycles. The summed E-state index contributed by atoms with van der Waals surface area (Å²) < 4.78 is 4.68. The maximum absolute atomic E-state index is 11.6. The molecule has 0 saturated heterocycles. The van der Waals surface area contributed by atoms with Crippen molar-refractivity contribution < 1.29 is 19.7 Å². The Kier molecular flexibility index (Phi) is 5.21. The molecule has 0 bridgehead atoms. The molecule has 0 saturated carbocycles. The van der Waals surface area contributed by atoms with Gasteiger partial charge in [-0.25, -0.2) is 4.63 Å². The van der Waals surface area contributed by atoms with Crippen LogP contribution in [0.3, 0.4) is 0 Å². The van der Waals surface area contributed by atoms with Crippen molar-refractivity contribution in [2.45, 2.75) is 12.5 Å². The van der Waals surface area contributed by atoms with Gasteiger partial charge in [0, 0.05) is 6.54 Å². The number of benzene rings is 1. The van der Waals surface area contributed by atoms with Gasteiger partial charge in [0.15, 0.2) is 11.5 Å². The van der Waals surface area contributed by atoms with Crippen molar-refractivity contribution in [3.8, 4) is 0 Å². The maximum Gasteiger partial charge on any atom is 0.239 e. The standard InChI is InChI=1S/C15H18N6O4/c22-6-5-16-12(23)8-17-14-13(20-25-21-14)15(19-24)18-11-7-9-3-1-2-4-10(9)11/h1-4,11,22,24H,5-8H2,(H,16,23)(H,17,21)(H,18,19)/t11-/m0/s1. The SMILES string of the molecule is O=C(CNc1nonc1C(=N[C@H]1Cc2ccccc21)NO)NCCO. The van der Waals surface area contributed by atoms with Gasteiger partial charge in [0.05, 0.1) is 19.2 Å². The van der Waals surface area contributed by atoms with Gasteiger partial charge in [-0.1, -0.05) is 24.3 Å². The van der Waals surface area contributed by atoms with E-state index in [4.69, 9.17) is 5.11 Å². The fourth-order valence-corrected chi connectivity index (χ4v) is 2.53. The Hall–Kier alpha value is -2.98. The maximum atomic E-state index is 11.6. The summed E-state index contributed by atoms with van der Waals surface area (Å²) in [5.74, 6) is -0.0579. The largest absolute Gasteiger partial charge is 0.395 e. The van der Waals surface area contributed by atoms with Gasteiger partial charge in [0.2, 0.25) is 11.7 Å². The number of amidine groups is 1. The number of nitrogens with zero attached hydrogens (tertiary/aromatic N) is 3. The van der Waals surface area contributed by atoms with Crippen LogP contribution in [0.15, 0.2) is 33.9 Å². The molecule has 25 heavy (non-hydrogen) atoms. The van der Waals surface area contributed by atoms with E-state index in [1.165, 1.54) is 5.56 Å². The fourth-order valence-electron chi connectivity index (χ4n) is 2.53. The van der Waals surface area contributed by atoms with Crippen molar-refractivity contribution in [2.24, 2.45) is 4.99 Å². The predicted molar refractivity (Wildman–Crippen MR) is 87.2 cm³/mol. The first-order chi connectivity index (χ1) is 12.2. The van der Waals surface area contributed by atoms with Crippen molar-refractivity contribution in [1.29, 1.82) is 0 Å². The van der Waals surface area contributed by atoms with Gasteiger partial charge < -0.3 is 15.7 Å². The smallest absolute Gasteiger partial charge is 0.239 e. The summed E-state index contributed by atoms with van der Waals surface area (Å²) in [6.45, 7) is -0.0702. The Morgan fingerprint density at radius 2 is 2.20 bits per heavy atom. The zero-order chi connectivity index (χ0) is 17.6. The van der Waals surface area contributed by atoms with Gasteiger partial charge >= 0.3 is 0 Å². The third-order valence-corrected chi connectivity index (χ3v) is 3.78. The van der Waals surface area contributed by atoms with E-state index in [0.29, 0.717) is 0 Å². The lowest BCUT2D eigenvalue weighted by atomic mass is 9.84. The van der Waals surface area contributed by atoms with Crippen LogP contribution in [0, 0.1) is 0 Å². The first-order valence-corrected chi connectivity index (χ1v) is 7.73. The molecule has 1 aliphatic carbocycles. The van der Waals surface area contributed by atoms with Crippen LogP contribution in [0.1, 0.15) is 22.9 Å². The number of hydrogen-bond acceptors (Lipinski definition) is 8. The van der Waals surface area contributed by atoms with Crippen LogP contribution in [0.25, 0.3) is 0 Å². The molecule has 0 spiro atoms. The van der Waals surface area contributed by atoms with E-state index in [0.717, 1.165) is 12.0 Å². The van der Waals surface area contributed by atoms with Crippen LogP contribution in [0.4, 0.5) is 5.82 Å². The Bertz CT molecular complexity index is 775. The Balaban J connectivity index is 1.69. The molecule has 10 heteroatoms. The van der Waals surface area contributed by atoms with Crippen LogP contribution in [-0.2, 0) is 11.2 Å². The lowest BCUT2D eigenvalue weighted by Gasteiger charge is -2.27. The second-order valence-electron chi connectivity index (χ2n) is 5.40. The van der Waals surface area contributed by atoms with Crippen molar-refractivity contribution in [1.82, 2.24) is 21.1 Å². The summed E-state index contributed by atoms with van der Waals surface area (Å²) in [6.07, 6.45) is 0.763. The Labute approximate surface area is 142 Å². The summed E-state index contributed by atoms with van der Waals surface area (Å²) >= 11 is 0.